The lowest BCUT2D eigenvalue weighted by atomic mass is 10.3. The van der Waals surface area contributed by atoms with Crippen LogP contribution < -0.4 is 10.6 Å². The SMILES string of the molecule is CNc1ccc(C(=O)NCCCOC)nc1. The highest BCUT2D eigenvalue weighted by atomic mass is 16.5. The molecule has 0 radical (unpaired) electrons. The summed E-state index contributed by atoms with van der Waals surface area (Å²) in [5.41, 5.74) is 1.31. The monoisotopic (exact) mass is 223 g/mol. The molecular formula is C11H17N3O2. The number of anilines is 1. The first-order valence-corrected chi connectivity index (χ1v) is 5.19. The number of rotatable bonds is 6. The van der Waals surface area contributed by atoms with Gasteiger partial charge in [0.2, 0.25) is 0 Å². The molecule has 88 valence electrons. The van der Waals surface area contributed by atoms with Crippen molar-refractivity contribution in [2.24, 2.45) is 0 Å². The molecule has 5 nitrogen and oxygen atoms in total. The maximum atomic E-state index is 11.6. The van der Waals surface area contributed by atoms with Gasteiger partial charge in [0.1, 0.15) is 5.69 Å². The van der Waals surface area contributed by atoms with E-state index in [9.17, 15) is 4.79 Å². The van der Waals surface area contributed by atoms with E-state index in [1.807, 2.05) is 13.1 Å². The van der Waals surface area contributed by atoms with Crippen molar-refractivity contribution in [1.82, 2.24) is 10.3 Å². The van der Waals surface area contributed by atoms with Gasteiger partial charge in [-0.05, 0) is 18.6 Å². The Bertz CT molecular complexity index is 325. The first-order valence-electron chi connectivity index (χ1n) is 5.19. The number of hydrogen-bond acceptors (Lipinski definition) is 4. The van der Waals surface area contributed by atoms with Crippen molar-refractivity contribution in [3.8, 4) is 0 Å². The zero-order chi connectivity index (χ0) is 11.8. The van der Waals surface area contributed by atoms with Crippen molar-refractivity contribution in [3.63, 3.8) is 0 Å². The Morgan fingerprint density at radius 3 is 2.88 bits per heavy atom. The molecule has 1 rings (SSSR count). The molecule has 0 aliphatic carbocycles. The molecule has 16 heavy (non-hydrogen) atoms. The number of amides is 1. The van der Waals surface area contributed by atoms with Crippen LogP contribution >= 0.6 is 0 Å². The Morgan fingerprint density at radius 2 is 2.31 bits per heavy atom. The van der Waals surface area contributed by atoms with Crippen LogP contribution in [0.5, 0.6) is 0 Å². The van der Waals surface area contributed by atoms with E-state index in [1.165, 1.54) is 0 Å². The largest absolute Gasteiger partial charge is 0.387 e. The molecule has 1 aromatic heterocycles. The Balaban J connectivity index is 2.40. The van der Waals surface area contributed by atoms with Gasteiger partial charge in [-0.15, -0.1) is 0 Å². The number of ether oxygens (including phenoxy) is 1. The van der Waals surface area contributed by atoms with Gasteiger partial charge in [-0.2, -0.15) is 0 Å². The van der Waals surface area contributed by atoms with E-state index in [4.69, 9.17) is 4.74 Å². The van der Waals surface area contributed by atoms with Crippen LogP contribution in [-0.4, -0.2) is 38.2 Å². The molecule has 0 atom stereocenters. The fraction of sp³-hybridized carbons (Fsp3) is 0.455. The average Bonchev–Trinajstić information content (AvgIpc) is 2.34. The van der Waals surface area contributed by atoms with Crippen LogP contribution in [0.15, 0.2) is 18.3 Å². The lowest BCUT2D eigenvalue weighted by Gasteiger charge is -2.05. The highest BCUT2D eigenvalue weighted by molar-refractivity contribution is 5.92. The predicted octanol–water partition coefficient (Wildman–Crippen LogP) is 0.890. The molecule has 0 unspecified atom stereocenters. The average molecular weight is 223 g/mol. The standard InChI is InChI=1S/C11H17N3O2/c1-12-9-4-5-10(14-8-9)11(15)13-6-3-7-16-2/h4-5,8,12H,3,6-7H2,1-2H3,(H,13,15). The van der Waals surface area contributed by atoms with Crippen molar-refractivity contribution in [2.75, 3.05) is 32.6 Å². The highest BCUT2D eigenvalue weighted by Crippen LogP contribution is 2.04. The fourth-order valence-electron chi connectivity index (χ4n) is 1.19. The number of hydrogen-bond donors (Lipinski definition) is 2. The van der Waals surface area contributed by atoms with Gasteiger partial charge < -0.3 is 15.4 Å². The summed E-state index contributed by atoms with van der Waals surface area (Å²) in [7, 11) is 3.45. The Hall–Kier alpha value is -1.62. The lowest BCUT2D eigenvalue weighted by Crippen LogP contribution is -2.26. The first-order chi connectivity index (χ1) is 7.77. The minimum absolute atomic E-state index is 0.154. The molecule has 0 fully saturated rings. The summed E-state index contributed by atoms with van der Waals surface area (Å²) < 4.78 is 4.88. The summed E-state index contributed by atoms with van der Waals surface area (Å²) in [5, 5.41) is 5.71. The second-order valence-electron chi connectivity index (χ2n) is 3.28. The molecular weight excluding hydrogens is 206 g/mol. The summed E-state index contributed by atoms with van der Waals surface area (Å²) in [6.45, 7) is 1.24. The number of methoxy groups -OCH3 is 1. The third kappa shape index (κ3) is 3.86. The fourth-order valence-corrected chi connectivity index (χ4v) is 1.19. The third-order valence-electron chi connectivity index (χ3n) is 2.10. The van der Waals surface area contributed by atoms with E-state index in [1.54, 1.807) is 19.4 Å². The van der Waals surface area contributed by atoms with Gasteiger partial charge in [-0.1, -0.05) is 0 Å². The summed E-state index contributed by atoms with van der Waals surface area (Å²) in [5.74, 6) is -0.154. The van der Waals surface area contributed by atoms with Crippen molar-refractivity contribution in [2.45, 2.75) is 6.42 Å². The van der Waals surface area contributed by atoms with Gasteiger partial charge in [0.15, 0.2) is 0 Å². The summed E-state index contributed by atoms with van der Waals surface area (Å²) in [6, 6.07) is 3.51. The molecule has 0 aliphatic rings. The van der Waals surface area contributed by atoms with E-state index >= 15 is 0 Å². The maximum absolute atomic E-state index is 11.6. The predicted molar refractivity (Wildman–Crippen MR) is 62.6 cm³/mol. The van der Waals surface area contributed by atoms with E-state index in [-0.39, 0.29) is 5.91 Å². The smallest absolute Gasteiger partial charge is 0.269 e. The van der Waals surface area contributed by atoms with E-state index in [2.05, 4.69) is 15.6 Å². The minimum atomic E-state index is -0.154. The number of pyridine rings is 1. The molecule has 0 saturated heterocycles. The van der Waals surface area contributed by atoms with Crippen molar-refractivity contribution in [1.29, 1.82) is 0 Å². The second kappa shape index (κ2) is 6.79. The normalized spacial score (nSPS) is 9.88. The Labute approximate surface area is 95.2 Å². The zero-order valence-electron chi connectivity index (χ0n) is 9.62. The summed E-state index contributed by atoms with van der Waals surface area (Å²) in [6.07, 6.45) is 2.43. The lowest BCUT2D eigenvalue weighted by molar-refractivity contribution is 0.0943. The topological polar surface area (TPSA) is 63.2 Å². The van der Waals surface area contributed by atoms with E-state index in [0.29, 0.717) is 18.8 Å². The number of carbonyl (C=O) groups is 1. The van der Waals surface area contributed by atoms with E-state index in [0.717, 1.165) is 12.1 Å². The summed E-state index contributed by atoms with van der Waals surface area (Å²) >= 11 is 0. The second-order valence-corrected chi connectivity index (χ2v) is 3.28. The molecule has 1 amide bonds. The molecule has 2 N–H and O–H groups in total. The van der Waals surface area contributed by atoms with Gasteiger partial charge in [-0.3, -0.25) is 4.79 Å². The highest BCUT2D eigenvalue weighted by Gasteiger charge is 2.05. The van der Waals surface area contributed by atoms with Gasteiger partial charge >= 0.3 is 0 Å². The molecule has 1 heterocycles. The number of carbonyl (C=O) groups excluding carboxylic acids is 1. The van der Waals surface area contributed by atoms with Gasteiger partial charge in [0.25, 0.3) is 5.91 Å². The van der Waals surface area contributed by atoms with Crippen LogP contribution in [0.4, 0.5) is 5.69 Å². The third-order valence-corrected chi connectivity index (χ3v) is 2.10. The molecule has 0 saturated carbocycles. The van der Waals surface area contributed by atoms with Gasteiger partial charge in [-0.25, -0.2) is 4.98 Å². The molecule has 0 spiro atoms. The quantitative estimate of drug-likeness (QED) is 0.703. The van der Waals surface area contributed by atoms with E-state index < -0.39 is 0 Å². The summed E-state index contributed by atoms with van der Waals surface area (Å²) in [4.78, 5) is 15.6. The molecule has 5 heteroatoms. The number of aromatic nitrogens is 1. The Morgan fingerprint density at radius 1 is 1.50 bits per heavy atom. The number of nitrogens with zero attached hydrogens (tertiary/aromatic N) is 1. The molecule has 1 aromatic rings. The van der Waals surface area contributed by atoms with Crippen LogP contribution in [0, 0.1) is 0 Å². The van der Waals surface area contributed by atoms with Gasteiger partial charge in [0.05, 0.1) is 11.9 Å². The van der Waals surface area contributed by atoms with Crippen molar-refractivity contribution < 1.29 is 9.53 Å². The first kappa shape index (κ1) is 12.4. The van der Waals surface area contributed by atoms with Crippen molar-refractivity contribution in [3.05, 3.63) is 24.0 Å². The van der Waals surface area contributed by atoms with Crippen LogP contribution in [0.2, 0.25) is 0 Å². The van der Waals surface area contributed by atoms with Gasteiger partial charge in [0, 0.05) is 27.3 Å². The molecule has 0 aromatic carbocycles. The van der Waals surface area contributed by atoms with Crippen LogP contribution in [0.1, 0.15) is 16.9 Å². The van der Waals surface area contributed by atoms with Crippen LogP contribution in [-0.2, 0) is 4.74 Å². The minimum Gasteiger partial charge on any atom is -0.387 e. The van der Waals surface area contributed by atoms with Crippen LogP contribution in [0.3, 0.4) is 0 Å². The molecule has 0 bridgehead atoms. The zero-order valence-corrected chi connectivity index (χ0v) is 9.62. The Kier molecular flexibility index (Phi) is 5.28. The van der Waals surface area contributed by atoms with Crippen LogP contribution in [0.25, 0.3) is 0 Å². The molecule has 0 aliphatic heterocycles. The number of nitrogens with one attached hydrogen (secondary N) is 2. The maximum Gasteiger partial charge on any atom is 0.269 e. The van der Waals surface area contributed by atoms with Crippen molar-refractivity contribution >= 4 is 11.6 Å².